The predicted octanol–water partition coefficient (Wildman–Crippen LogP) is 13.2. The normalized spacial score (nSPS) is 11.9. The fourth-order valence-corrected chi connectivity index (χ4v) is 9.67. The molecule has 0 aliphatic rings. The van der Waals surface area contributed by atoms with Gasteiger partial charge in [-0.2, -0.15) is 0 Å². The predicted molar refractivity (Wildman–Crippen MR) is 215 cm³/mol. The molecule has 4 nitrogen and oxygen atoms in total. The first-order valence-electron chi connectivity index (χ1n) is 16.9. The second kappa shape index (κ2) is 11.2. The Morgan fingerprint density at radius 3 is 1.86 bits per heavy atom. The van der Waals surface area contributed by atoms with Crippen LogP contribution in [0.3, 0.4) is 0 Å². The molecule has 51 heavy (non-hydrogen) atoms. The van der Waals surface area contributed by atoms with Crippen LogP contribution < -0.4 is 0 Å². The lowest BCUT2D eigenvalue weighted by Crippen LogP contribution is -2.00. The van der Waals surface area contributed by atoms with E-state index in [-0.39, 0.29) is 0 Å². The average Bonchev–Trinajstić information content (AvgIpc) is 3.89. The van der Waals surface area contributed by atoms with Crippen LogP contribution in [0.4, 0.5) is 0 Å². The molecule has 238 valence electrons. The highest BCUT2D eigenvalue weighted by atomic mass is 32.1. The molecule has 4 heterocycles. The highest BCUT2D eigenvalue weighted by molar-refractivity contribution is 7.26. The molecule has 0 atom stereocenters. The van der Waals surface area contributed by atoms with Gasteiger partial charge in [-0.05, 0) is 48.0 Å². The van der Waals surface area contributed by atoms with E-state index in [2.05, 4.69) is 109 Å². The van der Waals surface area contributed by atoms with Crippen LogP contribution in [0.15, 0.2) is 156 Å². The molecule has 0 N–H and O–H groups in total. The van der Waals surface area contributed by atoms with E-state index in [1.807, 2.05) is 53.8 Å². The number of hydrogen-bond acceptors (Lipinski definition) is 6. The van der Waals surface area contributed by atoms with Gasteiger partial charge >= 0.3 is 0 Å². The van der Waals surface area contributed by atoms with Gasteiger partial charge < -0.3 is 4.42 Å². The van der Waals surface area contributed by atoms with E-state index < -0.39 is 0 Å². The first kappa shape index (κ1) is 28.6. The van der Waals surface area contributed by atoms with Gasteiger partial charge in [0.1, 0.15) is 11.2 Å². The summed E-state index contributed by atoms with van der Waals surface area (Å²) in [6.07, 6.45) is 0. The van der Waals surface area contributed by atoms with Crippen molar-refractivity contribution in [1.82, 2.24) is 15.0 Å². The van der Waals surface area contributed by atoms with Crippen molar-refractivity contribution in [3.63, 3.8) is 0 Å². The Kier molecular flexibility index (Phi) is 6.26. The number of nitrogens with zero attached hydrogens (tertiary/aromatic N) is 3. The second-order valence-electron chi connectivity index (χ2n) is 12.7. The van der Waals surface area contributed by atoms with Crippen LogP contribution >= 0.6 is 22.7 Å². The van der Waals surface area contributed by atoms with Crippen molar-refractivity contribution in [2.75, 3.05) is 0 Å². The number of furan rings is 1. The molecule has 11 rings (SSSR count). The van der Waals surface area contributed by atoms with Gasteiger partial charge in [-0.1, -0.05) is 109 Å². The molecule has 0 bridgehead atoms. The quantitative estimate of drug-likeness (QED) is 0.185. The third-order valence-electron chi connectivity index (χ3n) is 9.76. The number of thiophene rings is 2. The molecule has 0 aliphatic heterocycles. The largest absolute Gasteiger partial charge is 0.455 e. The van der Waals surface area contributed by atoms with Gasteiger partial charge in [0.25, 0.3) is 0 Å². The standard InChI is InChI=1S/C45H25N3OS2/c1-2-11-26(12-3-1)43-46-44(27-23-24-38-34(25-27)28-13-4-6-20-36(28)50-38)48-45(47-43)33-18-9-19-35-40(33)32-17-8-16-30(42(32)49-35)29-15-10-22-39-41(29)31-14-5-7-21-37(31)51-39/h1-25H. The summed E-state index contributed by atoms with van der Waals surface area (Å²) < 4.78 is 11.8. The summed E-state index contributed by atoms with van der Waals surface area (Å²) in [5, 5.41) is 7.00. The zero-order valence-corrected chi connectivity index (χ0v) is 28.6. The first-order valence-corrected chi connectivity index (χ1v) is 18.5. The van der Waals surface area contributed by atoms with Gasteiger partial charge in [-0.15, -0.1) is 22.7 Å². The zero-order valence-electron chi connectivity index (χ0n) is 27.0. The summed E-state index contributed by atoms with van der Waals surface area (Å²) in [6, 6.07) is 53.1. The molecule has 6 heteroatoms. The van der Waals surface area contributed by atoms with E-state index in [1.54, 1.807) is 11.3 Å². The Labute approximate surface area is 299 Å². The highest BCUT2D eigenvalue weighted by Gasteiger charge is 2.21. The molecule has 0 saturated carbocycles. The number of para-hydroxylation sites is 1. The molecule has 0 amide bonds. The summed E-state index contributed by atoms with van der Waals surface area (Å²) >= 11 is 3.64. The SMILES string of the molecule is c1ccc(-c2nc(-c3ccc4sc5ccccc5c4c3)nc(-c3cccc4oc5c(-c6cccc7sc8ccccc8c67)cccc5c34)n2)cc1. The van der Waals surface area contributed by atoms with Crippen molar-refractivity contribution in [2.45, 2.75) is 0 Å². The fourth-order valence-electron chi connectivity index (χ4n) is 7.45. The fraction of sp³-hybridized carbons (Fsp3) is 0. The number of hydrogen-bond donors (Lipinski definition) is 0. The minimum atomic E-state index is 0.610. The lowest BCUT2D eigenvalue weighted by Gasteiger charge is -2.09. The molecule has 0 aliphatic carbocycles. The van der Waals surface area contributed by atoms with E-state index in [9.17, 15) is 0 Å². The van der Waals surface area contributed by atoms with Crippen molar-refractivity contribution in [1.29, 1.82) is 0 Å². The summed E-state index contributed by atoms with van der Waals surface area (Å²) in [6.45, 7) is 0. The van der Waals surface area contributed by atoms with Crippen LogP contribution in [0, 0.1) is 0 Å². The van der Waals surface area contributed by atoms with Crippen LogP contribution in [0.2, 0.25) is 0 Å². The lowest BCUT2D eigenvalue weighted by atomic mass is 9.97. The number of fused-ring (bicyclic) bond motifs is 9. The maximum atomic E-state index is 6.78. The van der Waals surface area contributed by atoms with Crippen LogP contribution in [0.25, 0.3) is 108 Å². The molecule has 0 radical (unpaired) electrons. The van der Waals surface area contributed by atoms with Crippen LogP contribution in [-0.4, -0.2) is 15.0 Å². The van der Waals surface area contributed by atoms with Gasteiger partial charge in [-0.25, -0.2) is 15.0 Å². The lowest BCUT2D eigenvalue weighted by molar-refractivity contribution is 0.670. The average molecular weight is 688 g/mol. The minimum Gasteiger partial charge on any atom is -0.455 e. The summed E-state index contributed by atoms with van der Waals surface area (Å²) in [4.78, 5) is 15.4. The monoisotopic (exact) mass is 687 g/mol. The maximum absolute atomic E-state index is 6.78. The van der Waals surface area contributed by atoms with Gasteiger partial charge in [0, 0.05) is 73.4 Å². The maximum Gasteiger partial charge on any atom is 0.164 e. The number of aromatic nitrogens is 3. The Morgan fingerprint density at radius 2 is 0.980 bits per heavy atom. The summed E-state index contributed by atoms with van der Waals surface area (Å²) in [5.74, 6) is 1.88. The zero-order chi connectivity index (χ0) is 33.5. The number of benzene rings is 7. The van der Waals surface area contributed by atoms with Crippen molar-refractivity contribution in [3.05, 3.63) is 152 Å². The van der Waals surface area contributed by atoms with E-state index in [0.717, 1.165) is 44.2 Å². The molecule has 0 unspecified atom stereocenters. The van der Waals surface area contributed by atoms with Gasteiger partial charge in [-0.3, -0.25) is 0 Å². The Bertz CT molecular complexity index is 3160. The molecule has 0 saturated heterocycles. The molecule has 11 aromatic rings. The first-order chi connectivity index (χ1) is 25.3. The van der Waals surface area contributed by atoms with Crippen molar-refractivity contribution in [2.24, 2.45) is 0 Å². The Morgan fingerprint density at radius 1 is 0.373 bits per heavy atom. The molecular formula is C45H25N3OS2. The minimum absolute atomic E-state index is 0.610. The van der Waals surface area contributed by atoms with E-state index >= 15 is 0 Å². The summed E-state index contributed by atoms with van der Waals surface area (Å²) in [5.41, 5.74) is 6.69. The number of rotatable bonds is 4. The second-order valence-corrected chi connectivity index (χ2v) is 14.9. The third-order valence-corrected chi connectivity index (χ3v) is 12.0. The van der Waals surface area contributed by atoms with Crippen LogP contribution in [0.1, 0.15) is 0 Å². The van der Waals surface area contributed by atoms with E-state index in [1.165, 1.54) is 45.9 Å². The molecule has 0 spiro atoms. The third kappa shape index (κ3) is 4.47. The molecule has 4 aromatic heterocycles. The molecule has 0 fully saturated rings. The highest BCUT2D eigenvalue weighted by Crippen LogP contribution is 2.45. The van der Waals surface area contributed by atoms with Gasteiger partial charge in [0.05, 0.1) is 0 Å². The van der Waals surface area contributed by atoms with Gasteiger partial charge in [0.15, 0.2) is 17.5 Å². The topological polar surface area (TPSA) is 51.8 Å². The van der Waals surface area contributed by atoms with Crippen LogP contribution in [-0.2, 0) is 0 Å². The van der Waals surface area contributed by atoms with E-state index in [0.29, 0.717) is 17.5 Å². The smallest absolute Gasteiger partial charge is 0.164 e. The molecular weight excluding hydrogens is 663 g/mol. The van der Waals surface area contributed by atoms with Gasteiger partial charge in [0.2, 0.25) is 0 Å². The molecule has 7 aromatic carbocycles. The van der Waals surface area contributed by atoms with Crippen LogP contribution in [0.5, 0.6) is 0 Å². The van der Waals surface area contributed by atoms with E-state index in [4.69, 9.17) is 19.4 Å². The Hall–Kier alpha value is -6.21. The van der Waals surface area contributed by atoms with Crippen molar-refractivity contribution in [3.8, 4) is 45.3 Å². The van der Waals surface area contributed by atoms with Crippen molar-refractivity contribution < 1.29 is 4.42 Å². The Balaban J connectivity index is 1.15. The van der Waals surface area contributed by atoms with Crippen molar-refractivity contribution >= 4 is 85.0 Å². The summed E-state index contributed by atoms with van der Waals surface area (Å²) in [7, 11) is 0.